The fourth-order valence-corrected chi connectivity index (χ4v) is 0.176. The minimum absolute atomic E-state index is 0.131. The van der Waals surface area contributed by atoms with Crippen LogP contribution in [0.5, 0.6) is 0 Å². The lowest BCUT2D eigenvalue weighted by atomic mass is 10.5. The van der Waals surface area contributed by atoms with E-state index in [1.165, 1.54) is 5.64 Å². The van der Waals surface area contributed by atoms with Gasteiger partial charge in [0.15, 0.2) is 0 Å². The van der Waals surface area contributed by atoms with Gasteiger partial charge >= 0.3 is 5.97 Å². The molecule has 0 aliphatic carbocycles. The van der Waals surface area contributed by atoms with Crippen LogP contribution in [0, 0.1) is 5.41 Å². The van der Waals surface area contributed by atoms with Crippen molar-refractivity contribution in [3.8, 4) is 0 Å². The number of hydrogen-bond acceptors (Lipinski definition) is 5. The Labute approximate surface area is 45.7 Å². The highest BCUT2D eigenvalue weighted by atomic mass is 16.8. The van der Waals surface area contributed by atoms with Crippen LogP contribution in [0.4, 0.5) is 0 Å². The molecule has 8 heavy (non-hydrogen) atoms. The van der Waals surface area contributed by atoms with Gasteiger partial charge in [-0.05, 0) is 5.64 Å². The highest BCUT2D eigenvalue weighted by Crippen LogP contribution is 1.74. The lowest BCUT2D eigenvalue weighted by Gasteiger charge is -1.93. The summed E-state index contributed by atoms with van der Waals surface area (Å²) in [7, 11) is 0. The first-order valence-electron chi connectivity index (χ1n) is 1.89. The van der Waals surface area contributed by atoms with Crippen molar-refractivity contribution in [2.24, 2.45) is 0 Å². The first kappa shape index (κ1) is 7.06. The van der Waals surface area contributed by atoms with Crippen molar-refractivity contribution >= 4 is 12.2 Å². The molecule has 0 atom stereocenters. The highest BCUT2D eigenvalue weighted by Gasteiger charge is 1.95. The van der Waals surface area contributed by atoms with Gasteiger partial charge in [0, 0.05) is 6.21 Å². The lowest BCUT2D eigenvalue weighted by molar-refractivity contribution is -0.174. The second-order valence-electron chi connectivity index (χ2n) is 0.974. The van der Waals surface area contributed by atoms with Crippen LogP contribution in [0.15, 0.2) is 0 Å². The fourth-order valence-electron chi connectivity index (χ4n) is 0.176. The molecule has 0 heterocycles. The summed E-state index contributed by atoms with van der Waals surface area (Å²) in [6.45, 7) is 0. The van der Waals surface area contributed by atoms with E-state index < -0.39 is 5.97 Å². The largest absolute Gasteiger partial charge is 0.345 e. The van der Waals surface area contributed by atoms with Crippen molar-refractivity contribution in [3.63, 3.8) is 0 Å². The minimum Gasteiger partial charge on any atom is -0.345 e. The molecule has 0 spiro atoms. The quantitative estimate of drug-likeness (QED) is 0.343. The third-order valence-electron chi connectivity index (χ3n) is 0.428. The number of carbonyl (C=O) groups is 1. The Hall–Kier alpha value is -0.940. The molecule has 0 aromatic heterocycles. The molecule has 3 N–H and O–H groups in total. The van der Waals surface area contributed by atoms with E-state index in [4.69, 9.17) is 10.6 Å². The highest BCUT2D eigenvalue weighted by molar-refractivity contribution is 5.84. The monoisotopic (exact) mass is 118 g/mol. The molecular formula is C3H6N2O3. The summed E-state index contributed by atoms with van der Waals surface area (Å²) in [5.41, 5.74) is 1.20. The second kappa shape index (κ2) is 4.23. The maximum absolute atomic E-state index is 10.0. The zero-order valence-corrected chi connectivity index (χ0v) is 4.05. The van der Waals surface area contributed by atoms with E-state index in [1.54, 1.807) is 0 Å². The van der Waals surface area contributed by atoms with Crippen molar-refractivity contribution in [1.82, 2.24) is 5.64 Å². The fraction of sp³-hybridized carbons (Fsp3) is 0.333. The van der Waals surface area contributed by atoms with Crippen LogP contribution in [0.1, 0.15) is 6.42 Å². The van der Waals surface area contributed by atoms with E-state index >= 15 is 0 Å². The minimum atomic E-state index is -0.692. The Kier molecular flexibility index (Phi) is 3.73. The summed E-state index contributed by atoms with van der Waals surface area (Å²) in [6, 6.07) is 0. The van der Waals surface area contributed by atoms with Gasteiger partial charge in [0.25, 0.3) is 0 Å². The maximum Gasteiger partial charge on any atom is 0.333 e. The van der Waals surface area contributed by atoms with E-state index in [-0.39, 0.29) is 6.42 Å². The van der Waals surface area contributed by atoms with Gasteiger partial charge in [0.05, 0.1) is 6.42 Å². The van der Waals surface area contributed by atoms with Crippen LogP contribution in [0.3, 0.4) is 0 Å². The molecule has 0 radical (unpaired) electrons. The molecule has 0 aliphatic rings. The zero-order valence-electron chi connectivity index (χ0n) is 4.05. The topological polar surface area (TPSA) is 82.4 Å². The predicted octanol–water partition coefficient (Wildman–Crippen LogP) is -0.537. The molecule has 0 fully saturated rings. The Morgan fingerprint density at radius 1 is 2.00 bits per heavy atom. The number of rotatable bonds is 3. The summed E-state index contributed by atoms with van der Waals surface area (Å²) in [4.78, 5) is 13.8. The zero-order chi connectivity index (χ0) is 6.41. The average Bonchev–Trinajstić information content (AvgIpc) is 1.68. The third-order valence-corrected chi connectivity index (χ3v) is 0.428. The molecule has 0 saturated heterocycles. The smallest absolute Gasteiger partial charge is 0.333 e. The van der Waals surface area contributed by atoms with Crippen LogP contribution in [-0.2, 0) is 9.63 Å². The van der Waals surface area contributed by atoms with Crippen molar-refractivity contribution in [2.75, 3.05) is 0 Å². The Morgan fingerprint density at radius 2 is 2.62 bits per heavy atom. The average molecular weight is 118 g/mol. The van der Waals surface area contributed by atoms with E-state index in [9.17, 15) is 4.79 Å². The molecule has 0 bridgehead atoms. The van der Waals surface area contributed by atoms with Crippen LogP contribution in [0.25, 0.3) is 0 Å². The van der Waals surface area contributed by atoms with Gasteiger partial charge in [0.2, 0.25) is 0 Å². The summed E-state index contributed by atoms with van der Waals surface area (Å²) in [6.07, 6.45) is 0.743. The number of hydrogen-bond donors (Lipinski definition) is 3. The lowest BCUT2D eigenvalue weighted by Crippen LogP contribution is -2.15. The molecule has 0 amide bonds. The van der Waals surface area contributed by atoms with Gasteiger partial charge in [-0.3, -0.25) is 5.21 Å². The van der Waals surface area contributed by atoms with Crippen LogP contribution in [0.2, 0.25) is 0 Å². The van der Waals surface area contributed by atoms with Gasteiger partial charge in [0.1, 0.15) is 0 Å². The molecule has 0 saturated carbocycles. The van der Waals surface area contributed by atoms with Crippen LogP contribution in [-0.4, -0.2) is 17.4 Å². The van der Waals surface area contributed by atoms with E-state index in [1.807, 2.05) is 0 Å². The van der Waals surface area contributed by atoms with E-state index in [0.29, 0.717) is 0 Å². The molecule has 0 rings (SSSR count). The van der Waals surface area contributed by atoms with Gasteiger partial charge in [-0.25, -0.2) is 4.79 Å². The van der Waals surface area contributed by atoms with E-state index in [2.05, 4.69) is 4.84 Å². The molecule has 46 valence electrons. The summed E-state index contributed by atoms with van der Waals surface area (Å²) >= 11 is 0. The SMILES string of the molecule is N=CCC(=O)ONO. The molecule has 0 aromatic rings. The van der Waals surface area contributed by atoms with Gasteiger partial charge in [-0.15, -0.1) is 0 Å². The summed E-state index contributed by atoms with van der Waals surface area (Å²) < 4.78 is 0. The first-order valence-corrected chi connectivity index (χ1v) is 1.89. The third kappa shape index (κ3) is 3.26. The van der Waals surface area contributed by atoms with Gasteiger partial charge in [-0.1, -0.05) is 0 Å². The second-order valence-corrected chi connectivity index (χ2v) is 0.974. The standard InChI is InChI=1S/C3H6N2O3/c4-2-1-3(6)8-5-7/h2,4-5,7H,1H2. The molecule has 5 nitrogen and oxygen atoms in total. The van der Waals surface area contributed by atoms with Crippen molar-refractivity contribution < 1.29 is 14.8 Å². The Bertz CT molecular complexity index is 92.5. The van der Waals surface area contributed by atoms with Gasteiger partial charge in [-0.2, -0.15) is 0 Å². The maximum atomic E-state index is 10.0. The predicted molar refractivity (Wildman–Crippen MR) is 24.4 cm³/mol. The molecule has 0 aromatic carbocycles. The van der Waals surface area contributed by atoms with Gasteiger partial charge < -0.3 is 10.2 Å². The van der Waals surface area contributed by atoms with Crippen LogP contribution >= 0.6 is 0 Å². The van der Waals surface area contributed by atoms with E-state index in [0.717, 1.165) is 6.21 Å². The number of nitrogens with one attached hydrogen (secondary N) is 2. The summed E-state index contributed by atoms with van der Waals surface area (Å²) in [5.74, 6) is -0.692. The number of carbonyl (C=O) groups excluding carboxylic acids is 1. The molecule has 0 aliphatic heterocycles. The van der Waals surface area contributed by atoms with Crippen molar-refractivity contribution in [3.05, 3.63) is 0 Å². The van der Waals surface area contributed by atoms with Crippen molar-refractivity contribution in [1.29, 1.82) is 5.41 Å². The molecular weight excluding hydrogens is 112 g/mol. The normalized spacial score (nSPS) is 8.12. The molecule has 0 unspecified atom stereocenters. The first-order chi connectivity index (χ1) is 3.81. The summed E-state index contributed by atoms with van der Waals surface area (Å²) in [5, 5.41) is 14.1. The Morgan fingerprint density at radius 3 is 3.00 bits per heavy atom. The molecule has 5 heteroatoms. The van der Waals surface area contributed by atoms with Crippen LogP contribution < -0.4 is 5.64 Å². The van der Waals surface area contributed by atoms with Crippen molar-refractivity contribution in [2.45, 2.75) is 6.42 Å². The Balaban J connectivity index is 3.18.